The second-order valence-electron chi connectivity index (χ2n) is 2.81. The molecule has 1 aromatic rings. The van der Waals surface area contributed by atoms with Crippen molar-refractivity contribution in [1.82, 2.24) is 9.97 Å². The average molecular weight is 188 g/mol. The Morgan fingerprint density at radius 2 is 1.77 bits per heavy atom. The fraction of sp³-hybridized carbons (Fsp3) is 0.500. The number of nitrogens with zero attached hydrogens (tertiary/aromatic N) is 2. The Labute approximate surface area is 74.8 Å². The Hall–Kier alpha value is -1.26. The van der Waals surface area contributed by atoms with Crippen LogP contribution < -0.4 is 4.74 Å². The van der Waals surface area contributed by atoms with Crippen molar-refractivity contribution < 1.29 is 13.5 Å². The normalized spacial score (nSPS) is 10.9. The number of rotatable bonds is 3. The summed E-state index contributed by atoms with van der Waals surface area (Å²) >= 11 is 0. The van der Waals surface area contributed by atoms with Crippen LogP contribution in [0.2, 0.25) is 0 Å². The molecule has 0 fully saturated rings. The Kier molecular flexibility index (Phi) is 3.11. The first kappa shape index (κ1) is 9.83. The molecule has 0 amide bonds. The van der Waals surface area contributed by atoms with Gasteiger partial charge in [0, 0.05) is 5.92 Å². The molecule has 13 heavy (non-hydrogen) atoms. The van der Waals surface area contributed by atoms with Gasteiger partial charge in [0.05, 0.1) is 12.4 Å². The van der Waals surface area contributed by atoms with Gasteiger partial charge in [-0.1, -0.05) is 13.8 Å². The summed E-state index contributed by atoms with van der Waals surface area (Å²) in [6.07, 6.45) is 2.49. The zero-order valence-electron chi connectivity index (χ0n) is 7.37. The molecule has 0 N–H and O–H groups in total. The molecule has 0 unspecified atom stereocenters. The smallest absolute Gasteiger partial charge is 0.387 e. The van der Waals surface area contributed by atoms with Crippen LogP contribution in [0.25, 0.3) is 0 Å². The van der Waals surface area contributed by atoms with E-state index in [1.807, 2.05) is 13.8 Å². The van der Waals surface area contributed by atoms with Crippen molar-refractivity contribution in [2.24, 2.45) is 0 Å². The minimum atomic E-state index is -2.83. The van der Waals surface area contributed by atoms with Gasteiger partial charge in [-0.25, -0.2) is 9.97 Å². The molecule has 0 saturated carbocycles. The van der Waals surface area contributed by atoms with Gasteiger partial charge in [0.25, 0.3) is 0 Å². The maximum atomic E-state index is 11.7. The van der Waals surface area contributed by atoms with E-state index in [-0.39, 0.29) is 11.7 Å². The number of alkyl halides is 2. The highest BCUT2D eigenvalue weighted by Crippen LogP contribution is 2.13. The summed E-state index contributed by atoms with van der Waals surface area (Å²) < 4.78 is 27.5. The number of hydrogen-bond acceptors (Lipinski definition) is 3. The topological polar surface area (TPSA) is 35.0 Å². The highest BCUT2D eigenvalue weighted by molar-refractivity contribution is 5.13. The number of hydrogen-bond donors (Lipinski definition) is 0. The van der Waals surface area contributed by atoms with Gasteiger partial charge in [0.15, 0.2) is 5.75 Å². The van der Waals surface area contributed by atoms with Crippen LogP contribution in [0.5, 0.6) is 5.75 Å². The monoisotopic (exact) mass is 188 g/mol. The van der Waals surface area contributed by atoms with Gasteiger partial charge in [-0.3, -0.25) is 0 Å². The van der Waals surface area contributed by atoms with Crippen LogP contribution in [-0.4, -0.2) is 16.6 Å². The highest BCUT2D eigenvalue weighted by atomic mass is 19.3. The summed E-state index contributed by atoms with van der Waals surface area (Å²) in [6.45, 7) is 1.01. The molecular formula is C8H10F2N2O. The first-order valence-electron chi connectivity index (χ1n) is 3.86. The lowest BCUT2D eigenvalue weighted by atomic mass is 10.2. The van der Waals surface area contributed by atoms with Crippen molar-refractivity contribution in [3.8, 4) is 5.75 Å². The maximum absolute atomic E-state index is 11.7. The molecule has 1 rings (SSSR count). The van der Waals surface area contributed by atoms with E-state index in [1.54, 1.807) is 0 Å². The lowest BCUT2D eigenvalue weighted by Gasteiger charge is -2.05. The molecule has 1 aromatic heterocycles. The summed E-state index contributed by atoms with van der Waals surface area (Å²) in [7, 11) is 0. The number of aromatic nitrogens is 2. The first-order valence-corrected chi connectivity index (χ1v) is 3.86. The van der Waals surface area contributed by atoms with E-state index in [0.717, 1.165) is 0 Å². The third-order valence-corrected chi connectivity index (χ3v) is 1.39. The summed E-state index contributed by atoms with van der Waals surface area (Å²) in [5, 5.41) is 0. The molecule has 0 bridgehead atoms. The standard InChI is InChI=1S/C8H10F2N2O/c1-5(2)7-11-3-6(4-12-7)13-8(9)10/h3-5,8H,1-2H3. The van der Waals surface area contributed by atoms with Crippen molar-refractivity contribution in [3.63, 3.8) is 0 Å². The molecule has 0 aliphatic heterocycles. The Morgan fingerprint density at radius 1 is 1.23 bits per heavy atom. The molecule has 0 aliphatic carbocycles. The predicted molar refractivity (Wildman–Crippen MR) is 42.8 cm³/mol. The first-order chi connectivity index (χ1) is 6.09. The zero-order chi connectivity index (χ0) is 9.84. The van der Waals surface area contributed by atoms with E-state index >= 15 is 0 Å². The van der Waals surface area contributed by atoms with E-state index in [1.165, 1.54) is 12.4 Å². The molecule has 0 atom stereocenters. The van der Waals surface area contributed by atoms with Crippen LogP contribution in [0, 0.1) is 0 Å². The summed E-state index contributed by atoms with van der Waals surface area (Å²) in [5.41, 5.74) is 0. The quantitative estimate of drug-likeness (QED) is 0.729. The van der Waals surface area contributed by atoms with E-state index < -0.39 is 6.61 Å². The van der Waals surface area contributed by atoms with Crippen molar-refractivity contribution in [2.45, 2.75) is 26.4 Å². The van der Waals surface area contributed by atoms with Gasteiger partial charge in [-0.05, 0) is 0 Å². The third-order valence-electron chi connectivity index (χ3n) is 1.39. The van der Waals surface area contributed by atoms with Crippen LogP contribution in [-0.2, 0) is 0 Å². The van der Waals surface area contributed by atoms with Crippen LogP contribution >= 0.6 is 0 Å². The molecular weight excluding hydrogens is 178 g/mol. The third kappa shape index (κ3) is 2.93. The van der Waals surface area contributed by atoms with Gasteiger partial charge in [-0.15, -0.1) is 0 Å². The second-order valence-corrected chi connectivity index (χ2v) is 2.81. The Balaban J connectivity index is 2.70. The van der Waals surface area contributed by atoms with Gasteiger partial charge in [0.1, 0.15) is 5.82 Å². The van der Waals surface area contributed by atoms with Crippen LogP contribution in [0.4, 0.5) is 8.78 Å². The van der Waals surface area contributed by atoms with Crippen molar-refractivity contribution in [2.75, 3.05) is 0 Å². The minimum Gasteiger partial charge on any atom is -0.432 e. The average Bonchev–Trinajstić information content (AvgIpc) is 2.04. The number of halogens is 2. The van der Waals surface area contributed by atoms with E-state index in [9.17, 15) is 8.78 Å². The van der Waals surface area contributed by atoms with Crippen LogP contribution in [0.1, 0.15) is 25.6 Å². The van der Waals surface area contributed by atoms with E-state index in [2.05, 4.69) is 14.7 Å². The minimum absolute atomic E-state index is 0.0144. The molecule has 72 valence electrons. The zero-order valence-corrected chi connectivity index (χ0v) is 7.37. The molecule has 0 aliphatic rings. The largest absolute Gasteiger partial charge is 0.432 e. The molecule has 0 aromatic carbocycles. The van der Waals surface area contributed by atoms with Gasteiger partial charge in [0.2, 0.25) is 0 Å². The maximum Gasteiger partial charge on any atom is 0.387 e. The Morgan fingerprint density at radius 3 is 2.15 bits per heavy atom. The summed E-state index contributed by atoms with van der Waals surface area (Å²) in [5.74, 6) is 0.779. The van der Waals surface area contributed by atoms with Crippen molar-refractivity contribution in [3.05, 3.63) is 18.2 Å². The highest BCUT2D eigenvalue weighted by Gasteiger charge is 2.06. The predicted octanol–water partition coefficient (Wildman–Crippen LogP) is 2.20. The van der Waals surface area contributed by atoms with E-state index in [4.69, 9.17) is 0 Å². The van der Waals surface area contributed by atoms with Crippen LogP contribution in [0.3, 0.4) is 0 Å². The summed E-state index contributed by atoms with van der Waals surface area (Å²) in [6, 6.07) is 0. The second kappa shape index (κ2) is 4.11. The molecule has 3 nitrogen and oxygen atoms in total. The van der Waals surface area contributed by atoms with Gasteiger partial charge >= 0.3 is 6.61 Å². The number of ether oxygens (including phenoxy) is 1. The van der Waals surface area contributed by atoms with Gasteiger partial charge in [-0.2, -0.15) is 8.78 Å². The van der Waals surface area contributed by atoms with Crippen LogP contribution in [0.15, 0.2) is 12.4 Å². The molecule has 1 heterocycles. The fourth-order valence-corrected chi connectivity index (χ4v) is 0.788. The molecule has 0 radical (unpaired) electrons. The van der Waals surface area contributed by atoms with Crippen molar-refractivity contribution in [1.29, 1.82) is 0 Å². The Bertz CT molecular complexity index is 261. The lowest BCUT2D eigenvalue weighted by molar-refractivity contribution is -0.0503. The summed E-state index contributed by atoms with van der Waals surface area (Å²) in [4.78, 5) is 7.72. The fourth-order valence-electron chi connectivity index (χ4n) is 0.788. The molecule has 0 spiro atoms. The SMILES string of the molecule is CC(C)c1ncc(OC(F)F)cn1. The lowest BCUT2D eigenvalue weighted by Crippen LogP contribution is -2.04. The molecule has 0 saturated heterocycles. The van der Waals surface area contributed by atoms with Crippen molar-refractivity contribution >= 4 is 0 Å². The van der Waals surface area contributed by atoms with Gasteiger partial charge < -0.3 is 4.74 Å². The molecule has 5 heteroatoms. The van der Waals surface area contributed by atoms with E-state index in [0.29, 0.717) is 5.82 Å².